The molecule has 2 aromatic carbocycles. The van der Waals surface area contributed by atoms with Gasteiger partial charge in [0.25, 0.3) is 5.91 Å². The maximum Gasteiger partial charge on any atom is 0.276 e. The second-order valence-electron chi connectivity index (χ2n) is 12.0. The number of imidazole rings is 2. The van der Waals surface area contributed by atoms with Crippen LogP contribution in [-0.2, 0) is 26.2 Å². The fraction of sp³-hybridized carbons (Fsp3) is 0.314. The Bertz CT molecular complexity index is 2290. The number of hydrogen-bond acceptors (Lipinski definition) is 10. The number of nitrogens with zero attached hydrogens (tertiary/aromatic N) is 8. The predicted octanol–water partition coefficient (Wildman–Crippen LogP) is 3.61. The third-order valence-corrected chi connectivity index (χ3v) is 8.39. The van der Waals surface area contributed by atoms with Gasteiger partial charge >= 0.3 is 0 Å². The first-order valence-electron chi connectivity index (χ1n) is 16.7. The normalized spacial score (nSPS) is 11.0. The monoisotopic (exact) mass is 710 g/mol. The molecule has 17 nitrogen and oxygen atoms in total. The molecule has 272 valence electrons. The van der Waals surface area contributed by atoms with Crippen molar-refractivity contribution in [1.29, 1.82) is 0 Å². The molecular formula is C35H42N12O5. The number of phenolic OH excluding ortho intramolecular Hbond substituents is 1. The molecule has 0 spiro atoms. The molecule has 0 unspecified atom stereocenters. The third kappa shape index (κ3) is 7.62. The SMILES string of the molecule is CCn1nc(C)cc1C(=O)Nc1nc2cc(C(N)=O)cc(O)c2n1CCCCn1c(NC)nc2cc(C(N)=O)ccc21.CCn1nc(C)cc1C=O. The van der Waals surface area contributed by atoms with Gasteiger partial charge in [0, 0.05) is 44.4 Å². The highest BCUT2D eigenvalue weighted by molar-refractivity contribution is 6.04. The van der Waals surface area contributed by atoms with Gasteiger partial charge in [-0.3, -0.25) is 33.9 Å². The summed E-state index contributed by atoms with van der Waals surface area (Å²) in [5.74, 6) is -0.933. The van der Waals surface area contributed by atoms with Crippen LogP contribution < -0.4 is 22.1 Å². The quantitative estimate of drug-likeness (QED) is 0.0862. The number of rotatable bonds is 13. The number of primary amides is 2. The van der Waals surface area contributed by atoms with Crippen molar-refractivity contribution < 1.29 is 24.3 Å². The zero-order chi connectivity index (χ0) is 37.7. The van der Waals surface area contributed by atoms with E-state index in [0.717, 1.165) is 24.0 Å². The number of aromatic nitrogens is 8. The maximum atomic E-state index is 13.2. The van der Waals surface area contributed by atoms with E-state index in [-0.39, 0.29) is 17.3 Å². The number of nitrogens with two attached hydrogens (primary N) is 2. The maximum absolute atomic E-state index is 13.2. The number of benzene rings is 2. The van der Waals surface area contributed by atoms with Crippen molar-refractivity contribution in [3.63, 3.8) is 0 Å². The zero-order valence-corrected chi connectivity index (χ0v) is 29.7. The van der Waals surface area contributed by atoms with Gasteiger partial charge in [0.2, 0.25) is 23.7 Å². The summed E-state index contributed by atoms with van der Waals surface area (Å²) < 4.78 is 7.01. The number of carbonyl (C=O) groups is 4. The minimum absolute atomic E-state index is 0.105. The van der Waals surface area contributed by atoms with Crippen LogP contribution in [0.1, 0.15) is 79.8 Å². The second-order valence-corrected chi connectivity index (χ2v) is 12.0. The minimum atomic E-state index is -0.703. The molecule has 0 saturated heterocycles. The summed E-state index contributed by atoms with van der Waals surface area (Å²) in [6.45, 7) is 9.79. The minimum Gasteiger partial charge on any atom is -0.506 e. The third-order valence-electron chi connectivity index (χ3n) is 8.39. The first kappa shape index (κ1) is 36.8. The summed E-state index contributed by atoms with van der Waals surface area (Å²) in [4.78, 5) is 56.1. The average molecular weight is 711 g/mol. The van der Waals surface area contributed by atoms with Crippen LogP contribution in [0.4, 0.5) is 11.9 Å². The van der Waals surface area contributed by atoms with Crippen LogP contribution >= 0.6 is 0 Å². The Morgan fingerprint density at radius 1 is 0.808 bits per heavy atom. The number of aromatic hydroxyl groups is 1. The number of nitrogens with one attached hydrogen (secondary N) is 2. The van der Waals surface area contributed by atoms with Gasteiger partial charge in [0.15, 0.2) is 6.29 Å². The standard InChI is InChI=1S/C28H32N10O4.C7H10N2O/c1-4-38-21(11-15(2)35-38)26(42)34-28-33-19-13-17(25(30)41)14-22(39)23(19)37(28)10-6-5-9-36-20-8-7-16(24(29)40)12-18(20)32-27(36)31-3;1-3-9-7(5-10)4-6(2)8-9/h7-8,11-14,39H,4-6,9-10H2,1-3H3,(H2,29,40)(H2,30,41)(H,31,32)(H,33,34,42);4-5H,3H2,1-2H3. The molecule has 0 fully saturated rings. The zero-order valence-electron chi connectivity index (χ0n) is 29.7. The van der Waals surface area contributed by atoms with Gasteiger partial charge in [0.05, 0.1) is 27.9 Å². The van der Waals surface area contributed by atoms with Gasteiger partial charge in [-0.05, 0) is 83.0 Å². The average Bonchev–Trinajstić information content (AvgIpc) is 3.88. The topological polar surface area (TPSA) is 236 Å². The molecule has 3 amide bonds. The van der Waals surface area contributed by atoms with E-state index in [9.17, 15) is 24.3 Å². The Morgan fingerprint density at radius 2 is 1.42 bits per heavy atom. The highest BCUT2D eigenvalue weighted by atomic mass is 16.3. The number of unbranched alkanes of at least 4 members (excludes halogenated alkanes) is 1. The van der Waals surface area contributed by atoms with Gasteiger partial charge < -0.3 is 31.0 Å². The molecule has 0 aliphatic heterocycles. The lowest BCUT2D eigenvalue weighted by atomic mass is 10.1. The summed E-state index contributed by atoms with van der Waals surface area (Å²) in [6, 6.07) is 11.4. The van der Waals surface area contributed by atoms with E-state index in [2.05, 4.69) is 30.8 Å². The van der Waals surface area contributed by atoms with Gasteiger partial charge in [-0.1, -0.05) is 0 Å². The number of amides is 3. The number of aryl methyl sites for hydroxylation is 6. The van der Waals surface area contributed by atoms with E-state index in [4.69, 9.17) is 11.5 Å². The van der Waals surface area contributed by atoms with Crippen molar-refractivity contribution in [3.8, 4) is 5.75 Å². The molecule has 4 heterocycles. The fourth-order valence-corrected chi connectivity index (χ4v) is 5.99. The smallest absolute Gasteiger partial charge is 0.276 e. The summed E-state index contributed by atoms with van der Waals surface area (Å²) in [5.41, 5.74) is 16.2. The van der Waals surface area contributed by atoms with Crippen molar-refractivity contribution in [2.24, 2.45) is 11.5 Å². The van der Waals surface area contributed by atoms with Crippen LogP contribution in [0.3, 0.4) is 0 Å². The van der Waals surface area contributed by atoms with Crippen molar-refractivity contribution in [3.05, 3.63) is 76.4 Å². The Hall–Kier alpha value is -6.52. The predicted molar refractivity (Wildman–Crippen MR) is 196 cm³/mol. The number of fused-ring (bicyclic) bond motifs is 2. The number of hydrogen-bond donors (Lipinski definition) is 5. The Labute approximate surface area is 298 Å². The molecular weight excluding hydrogens is 668 g/mol. The lowest BCUT2D eigenvalue weighted by Crippen LogP contribution is -2.20. The van der Waals surface area contributed by atoms with Gasteiger partial charge in [0.1, 0.15) is 22.7 Å². The summed E-state index contributed by atoms with van der Waals surface area (Å²) in [5, 5.41) is 25.2. The van der Waals surface area contributed by atoms with E-state index in [0.29, 0.717) is 77.6 Å². The first-order valence-corrected chi connectivity index (χ1v) is 16.7. The molecule has 17 heteroatoms. The van der Waals surface area contributed by atoms with Gasteiger partial charge in [-0.15, -0.1) is 0 Å². The van der Waals surface area contributed by atoms with Gasteiger partial charge in [-0.2, -0.15) is 10.2 Å². The molecule has 0 atom stereocenters. The van der Waals surface area contributed by atoms with Crippen LogP contribution in [0.2, 0.25) is 0 Å². The summed E-state index contributed by atoms with van der Waals surface area (Å²) in [6.07, 6.45) is 2.16. The van der Waals surface area contributed by atoms with Crippen molar-refractivity contribution >= 4 is 58.0 Å². The Morgan fingerprint density at radius 3 is 2.04 bits per heavy atom. The van der Waals surface area contributed by atoms with Crippen molar-refractivity contribution in [2.45, 2.75) is 66.7 Å². The molecule has 6 aromatic rings. The van der Waals surface area contributed by atoms with Crippen LogP contribution in [-0.4, -0.2) is 74.8 Å². The van der Waals surface area contributed by atoms with E-state index in [1.165, 1.54) is 12.1 Å². The Balaban J connectivity index is 0.000000452. The van der Waals surface area contributed by atoms with Crippen molar-refractivity contribution in [2.75, 3.05) is 17.7 Å². The fourth-order valence-electron chi connectivity index (χ4n) is 5.99. The van der Waals surface area contributed by atoms with Crippen LogP contribution in [0, 0.1) is 13.8 Å². The lowest BCUT2D eigenvalue weighted by molar-refractivity contribution is 0.0992. The van der Waals surface area contributed by atoms with Crippen LogP contribution in [0.15, 0.2) is 42.5 Å². The highest BCUT2D eigenvalue weighted by Crippen LogP contribution is 2.31. The molecule has 0 aliphatic carbocycles. The number of aldehydes is 1. The van der Waals surface area contributed by atoms with E-state index in [1.54, 1.807) is 52.2 Å². The molecule has 52 heavy (non-hydrogen) atoms. The van der Waals surface area contributed by atoms with Crippen LogP contribution in [0.5, 0.6) is 5.75 Å². The molecule has 0 bridgehead atoms. The molecule has 0 aliphatic rings. The molecule has 0 saturated carbocycles. The first-order chi connectivity index (χ1) is 24.9. The van der Waals surface area contributed by atoms with E-state index >= 15 is 0 Å². The number of carbonyl (C=O) groups excluding carboxylic acids is 4. The Kier molecular flexibility index (Phi) is 11.0. The summed E-state index contributed by atoms with van der Waals surface area (Å²) >= 11 is 0. The second kappa shape index (κ2) is 15.6. The molecule has 6 rings (SSSR count). The largest absolute Gasteiger partial charge is 0.506 e. The number of anilines is 2. The molecule has 0 radical (unpaired) electrons. The molecule has 7 N–H and O–H groups in total. The molecule has 4 aromatic heterocycles. The number of phenols is 1. The lowest BCUT2D eigenvalue weighted by Gasteiger charge is -2.13. The van der Waals surface area contributed by atoms with Gasteiger partial charge in [-0.25, -0.2) is 9.97 Å². The van der Waals surface area contributed by atoms with E-state index in [1.807, 2.05) is 31.4 Å². The van der Waals surface area contributed by atoms with Crippen molar-refractivity contribution in [1.82, 2.24) is 38.7 Å². The highest BCUT2D eigenvalue weighted by Gasteiger charge is 2.21. The summed E-state index contributed by atoms with van der Waals surface area (Å²) in [7, 11) is 1.77. The van der Waals surface area contributed by atoms with Crippen LogP contribution in [0.25, 0.3) is 22.1 Å². The van der Waals surface area contributed by atoms with E-state index < -0.39 is 17.7 Å².